The largest absolute Gasteiger partial charge is 0.477 e. The summed E-state index contributed by atoms with van der Waals surface area (Å²) in [5.74, 6) is -2.97. The van der Waals surface area contributed by atoms with Crippen molar-refractivity contribution >= 4 is 41.3 Å². The minimum Gasteiger partial charge on any atom is -0.477 e. The third-order valence-electron chi connectivity index (χ3n) is 3.25. The van der Waals surface area contributed by atoms with Gasteiger partial charge < -0.3 is 10.4 Å². The van der Waals surface area contributed by atoms with Crippen molar-refractivity contribution in [2.45, 2.75) is 23.6 Å². The Morgan fingerprint density at radius 1 is 1.52 bits per heavy atom. The second-order valence-electron chi connectivity index (χ2n) is 4.95. The number of halogens is 3. The summed E-state index contributed by atoms with van der Waals surface area (Å²) in [4.78, 5) is 35.9. The first kappa shape index (κ1) is 18.0. The third-order valence-corrected chi connectivity index (χ3v) is 5.61. The standard InChI is InChI=1S/C12H13F3N2O4S2/c1-5-2-22-10-7(9(19)17(10)8(5)11(20)21)16-6(18)3-23-12(14,15)4-13/h7,10H,2-4H2,1H3,(H,16,18)(H,20,21)/t7?,10-/m0/s1. The lowest BCUT2D eigenvalue weighted by atomic mass is 10.0. The number of β-lactam (4-membered cyclic amide) rings is 1. The molecule has 23 heavy (non-hydrogen) atoms. The molecule has 0 saturated carbocycles. The van der Waals surface area contributed by atoms with Gasteiger partial charge in [-0.15, -0.1) is 11.8 Å². The Morgan fingerprint density at radius 3 is 2.74 bits per heavy atom. The average molecular weight is 370 g/mol. The quantitative estimate of drug-likeness (QED) is 0.680. The number of aliphatic carboxylic acids is 1. The molecule has 2 heterocycles. The van der Waals surface area contributed by atoms with E-state index in [0.29, 0.717) is 11.3 Å². The monoisotopic (exact) mass is 370 g/mol. The molecule has 0 spiro atoms. The van der Waals surface area contributed by atoms with E-state index in [9.17, 15) is 27.6 Å². The van der Waals surface area contributed by atoms with Crippen molar-refractivity contribution in [1.82, 2.24) is 10.2 Å². The number of carbonyl (C=O) groups excluding carboxylic acids is 2. The van der Waals surface area contributed by atoms with Gasteiger partial charge in [0.15, 0.2) is 6.67 Å². The molecule has 0 aromatic carbocycles. The van der Waals surface area contributed by atoms with Crippen molar-refractivity contribution in [3.63, 3.8) is 0 Å². The molecule has 0 bridgehead atoms. The summed E-state index contributed by atoms with van der Waals surface area (Å²) < 4.78 is 37.4. The van der Waals surface area contributed by atoms with Gasteiger partial charge >= 0.3 is 11.2 Å². The van der Waals surface area contributed by atoms with E-state index in [-0.39, 0.29) is 17.5 Å². The van der Waals surface area contributed by atoms with Crippen LogP contribution in [0.1, 0.15) is 6.92 Å². The molecule has 2 aliphatic rings. The molecule has 11 heteroatoms. The van der Waals surface area contributed by atoms with Gasteiger partial charge in [0, 0.05) is 5.75 Å². The molecular weight excluding hydrogens is 357 g/mol. The van der Waals surface area contributed by atoms with Gasteiger partial charge in [0.2, 0.25) is 5.91 Å². The number of nitrogens with zero attached hydrogens (tertiary/aromatic N) is 1. The summed E-state index contributed by atoms with van der Waals surface area (Å²) in [7, 11) is 0. The fraction of sp³-hybridized carbons (Fsp3) is 0.583. The maximum atomic E-state index is 12.7. The molecule has 2 aliphatic heterocycles. The Labute approximate surface area is 137 Å². The van der Waals surface area contributed by atoms with Crippen molar-refractivity contribution in [1.29, 1.82) is 0 Å². The smallest absolute Gasteiger partial charge is 0.352 e. The molecule has 6 nitrogen and oxygen atoms in total. The van der Waals surface area contributed by atoms with Gasteiger partial charge in [-0.1, -0.05) is 11.8 Å². The highest BCUT2D eigenvalue weighted by atomic mass is 32.2. The number of amides is 2. The average Bonchev–Trinajstić information content (AvgIpc) is 2.50. The maximum absolute atomic E-state index is 12.7. The summed E-state index contributed by atoms with van der Waals surface area (Å²) >= 11 is 1.12. The first-order valence-corrected chi connectivity index (χ1v) is 8.46. The lowest BCUT2D eigenvalue weighted by Gasteiger charge is -2.49. The summed E-state index contributed by atoms with van der Waals surface area (Å²) in [6, 6.07) is -0.963. The summed E-state index contributed by atoms with van der Waals surface area (Å²) in [6.07, 6.45) is 0. The Hall–Kier alpha value is -1.36. The van der Waals surface area contributed by atoms with Gasteiger partial charge in [0.05, 0.1) is 5.75 Å². The zero-order valence-corrected chi connectivity index (χ0v) is 13.5. The fourth-order valence-electron chi connectivity index (χ4n) is 2.20. The van der Waals surface area contributed by atoms with Crippen LogP contribution in [0.3, 0.4) is 0 Å². The number of hydrogen-bond donors (Lipinski definition) is 2. The second-order valence-corrected chi connectivity index (χ2v) is 7.23. The normalized spacial score (nSPS) is 24.2. The van der Waals surface area contributed by atoms with Crippen molar-refractivity contribution in [2.24, 2.45) is 0 Å². The van der Waals surface area contributed by atoms with Crippen LogP contribution in [0, 0.1) is 0 Å². The number of carbonyl (C=O) groups is 3. The predicted molar refractivity (Wildman–Crippen MR) is 78.7 cm³/mol. The van der Waals surface area contributed by atoms with Crippen molar-refractivity contribution in [3.05, 3.63) is 11.3 Å². The number of carboxylic acid groups (broad SMARTS) is 1. The van der Waals surface area contributed by atoms with Crippen molar-refractivity contribution in [3.8, 4) is 0 Å². The van der Waals surface area contributed by atoms with E-state index in [0.717, 1.165) is 4.90 Å². The van der Waals surface area contributed by atoms with Crippen LogP contribution in [0.25, 0.3) is 0 Å². The summed E-state index contributed by atoms with van der Waals surface area (Å²) in [6.45, 7) is -0.285. The predicted octanol–water partition coefficient (Wildman–Crippen LogP) is 1.04. The van der Waals surface area contributed by atoms with E-state index < -0.39 is 46.9 Å². The van der Waals surface area contributed by atoms with Crippen LogP contribution >= 0.6 is 23.5 Å². The van der Waals surface area contributed by atoms with Gasteiger partial charge in [-0.2, -0.15) is 8.78 Å². The molecule has 2 amide bonds. The zero-order valence-electron chi connectivity index (χ0n) is 11.8. The van der Waals surface area contributed by atoms with Gasteiger partial charge in [-0.3, -0.25) is 14.5 Å². The number of fused-ring (bicyclic) bond motifs is 1. The van der Waals surface area contributed by atoms with E-state index in [2.05, 4.69) is 5.32 Å². The highest BCUT2D eigenvalue weighted by Gasteiger charge is 2.53. The molecule has 1 saturated heterocycles. The van der Waals surface area contributed by atoms with Gasteiger partial charge in [0.25, 0.3) is 5.91 Å². The lowest BCUT2D eigenvalue weighted by Crippen LogP contribution is -2.70. The molecule has 1 unspecified atom stereocenters. The number of thioether (sulfide) groups is 2. The topological polar surface area (TPSA) is 86.7 Å². The van der Waals surface area contributed by atoms with E-state index in [1.165, 1.54) is 11.8 Å². The van der Waals surface area contributed by atoms with Gasteiger partial charge in [-0.05, 0) is 12.5 Å². The number of hydrogen-bond acceptors (Lipinski definition) is 5. The highest BCUT2D eigenvalue weighted by molar-refractivity contribution is 8.01. The second kappa shape index (κ2) is 6.63. The van der Waals surface area contributed by atoms with Crippen LogP contribution < -0.4 is 5.32 Å². The van der Waals surface area contributed by atoms with Crippen LogP contribution in [0.2, 0.25) is 0 Å². The third kappa shape index (κ3) is 3.60. The first-order valence-electron chi connectivity index (χ1n) is 6.43. The lowest BCUT2D eigenvalue weighted by molar-refractivity contribution is -0.150. The van der Waals surface area contributed by atoms with Gasteiger partial charge in [-0.25, -0.2) is 9.18 Å². The maximum Gasteiger partial charge on any atom is 0.352 e. The number of nitrogens with one attached hydrogen (secondary N) is 1. The van der Waals surface area contributed by atoms with Crippen LogP contribution in [0.15, 0.2) is 11.3 Å². The van der Waals surface area contributed by atoms with E-state index in [1.807, 2.05) is 0 Å². The Bertz CT molecular complexity index is 585. The molecule has 0 aromatic rings. The number of alkyl halides is 3. The van der Waals surface area contributed by atoms with Gasteiger partial charge in [0.1, 0.15) is 17.1 Å². The summed E-state index contributed by atoms with van der Waals surface area (Å²) in [5, 5.41) is 7.21. The molecule has 2 rings (SSSR count). The molecule has 1 fully saturated rings. The summed E-state index contributed by atoms with van der Waals surface area (Å²) in [5.41, 5.74) is 0.428. The molecule has 128 valence electrons. The number of rotatable bonds is 6. The van der Waals surface area contributed by atoms with E-state index >= 15 is 0 Å². The van der Waals surface area contributed by atoms with E-state index in [1.54, 1.807) is 6.92 Å². The van der Waals surface area contributed by atoms with Crippen molar-refractivity contribution in [2.75, 3.05) is 18.2 Å². The number of carboxylic acids is 1. The van der Waals surface area contributed by atoms with Crippen LogP contribution in [-0.4, -0.2) is 62.6 Å². The van der Waals surface area contributed by atoms with Crippen molar-refractivity contribution < 1.29 is 32.7 Å². The highest BCUT2D eigenvalue weighted by Crippen LogP contribution is 2.40. The minimum absolute atomic E-state index is 0.109. The molecule has 0 aliphatic carbocycles. The molecule has 2 atom stereocenters. The van der Waals surface area contributed by atoms with Crippen LogP contribution in [0.4, 0.5) is 13.2 Å². The first-order chi connectivity index (χ1) is 10.7. The Kier molecular flexibility index (Phi) is 5.19. The molecule has 2 N–H and O–H groups in total. The molecule has 0 radical (unpaired) electrons. The molecule has 0 aromatic heterocycles. The SMILES string of the molecule is CC1=C(C(=O)O)N2C(=O)C(NC(=O)CSC(F)(F)CF)[C@@H]2SC1. The minimum atomic E-state index is -3.65. The van der Waals surface area contributed by atoms with E-state index in [4.69, 9.17) is 5.11 Å². The fourth-order valence-corrected chi connectivity index (χ4v) is 4.00. The van der Waals surface area contributed by atoms with Crippen LogP contribution in [0.5, 0.6) is 0 Å². The molecular formula is C12H13F3N2O4S2. The Morgan fingerprint density at radius 2 is 2.17 bits per heavy atom. The Balaban J connectivity index is 1.96. The zero-order chi connectivity index (χ0) is 17.4. The van der Waals surface area contributed by atoms with Crippen LogP contribution in [-0.2, 0) is 14.4 Å².